The van der Waals surface area contributed by atoms with Gasteiger partial charge in [-0.2, -0.15) is 0 Å². The highest BCUT2D eigenvalue weighted by atomic mass is 15.3. The molecule has 0 spiro atoms. The molecular weight excluding hydrogens is 200 g/mol. The van der Waals surface area contributed by atoms with E-state index in [1.54, 1.807) is 0 Å². The molecule has 16 heavy (non-hydrogen) atoms. The largest absolute Gasteiger partial charge is 0.368 e. The van der Waals surface area contributed by atoms with E-state index in [1.807, 2.05) is 11.8 Å². The van der Waals surface area contributed by atoms with Crippen molar-refractivity contribution in [2.45, 2.75) is 27.2 Å². The highest BCUT2D eigenvalue weighted by Crippen LogP contribution is 2.25. The number of rotatable bonds is 3. The molecule has 0 heterocycles. The average Bonchev–Trinajstić information content (AvgIpc) is 2.31. The van der Waals surface area contributed by atoms with Crippen molar-refractivity contribution < 1.29 is 0 Å². The molecule has 0 atom stereocenters. The quantitative estimate of drug-likeness (QED) is 0.352. The highest BCUT2D eigenvalue weighted by molar-refractivity contribution is 5.96. The molecule has 4 N–H and O–H groups in total. The van der Waals surface area contributed by atoms with Gasteiger partial charge >= 0.3 is 0 Å². The van der Waals surface area contributed by atoms with Crippen LogP contribution >= 0.6 is 0 Å². The molecule has 0 radical (unpaired) electrons. The molecule has 0 saturated carbocycles. The summed E-state index contributed by atoms with van der Waals surface area (Å²) in [6.45, 7) is 6.98. The van der Waals surface area contributed by atoms with Crippen molar-refractivity contribution in [2.24, 2.45) is 16.7 Å². The molecule has 88 valence electrons. The number of anilines is 1. The van der Waals surface area contributed by atoms with Gasteiger partial charge in [-0.3, -0.25) is 0 Å². The zero-order valence-electron chi connectivity index (χ0n) is 10.2. The van der Waals surface area contributed by atoms with Crippen LogP contribution in [0.15, 0.2) is 23.3 Å². The van der Waals surface area contributed by atoms with Gasteiger partial charge in [0, 0.05) is 12.2 Å². The molecule has 0 unspecified atom stereocenters. The van der Waals surface area contributed by atoms with E-state index in [4.69, 9.17) is 11.6 Å². The molecule has 0 aliphatic heterocycles. The van der Waals surface area contributed by atoms with Gasteiger partial charge in [0.25, 0.3) is 0 Å². The fourth-order valence-electron chi connectivity index (χ4n) is 1.90. The Kier molecular flexibility index (Phi) is 4.17. The fraction of sp³-hybridized carbons (Fsp3) is 0.417. The van der Waals surface area contributed by atoms with Crippen LogP contribution < -0.4 is 16.5 Å². The normalized spacial score (nSPS) is 11.6. The van der Waals surface area contributed by atoms with Gasteiger partial charge in [0.15, 0.2) is 0 Å². The summed E-state index contributed by atoms with van der Waals surface area (Å²) in [4.78, 5) is 1.94. The smallest absolute Gasteiger partial charge is 0.217 e. The van der Waals surface area contributed by atoms with Gasteiger partial charge < -0.3 is 16.5 Å². The van der Waals surface area contributed by atoms with Crippen LogP contribution in [0.1, 0.15) is 25.0 Å². The third-order valence-corrected chi connectivity index (χ3v) is 2.70. The molecule has 1 rings (SSSR count). The number of para-hydroxylation sites is 1. The fourth-order valence-corrected chi connectivity index (χ4v) is 1.90. The number of guanidine groups is 1. The number of benzene rings is 1. The third kappa shape index (κ3) is 2.27. The second kappa shape index (κ2) is 5.39. The van der Waals surface area contributed by atoms with Crippen LogP contribution in [0.3, 0.4) is 0 Å². The van der Waals surface area contributed by atoms with Gasteiger partial charge in [-0.15, -0.1) is 5.10 Å². The minimum atomic E-state index is 0.353. The zero-order chi connectivity index (χ0) is 12.1. The Morgan fingerprint density at radius 3 is 2.56 bits per heavy atom. The Labute approximate surface area is 96.9 Å². The SMILES string of the molecule is CCc1cccc(C)c1N(CC)/C(N)=N/N. The van der Waals surface area contributed by atoms with Gasteiger partial charge in [-0.25, -0.2) is 0 Å². The van der Waals surface area contributed by atoms with Crippen molar-refractivity contribution in [2.75, 3.05) is 11.4 Å². The average molecular weight is 220 g/mol. The van der Waals surface area contributed by atoms with Gasteiger partial charge in [0.1, 0.15) is 0 Å². The molecule has 1 aromatic carbocycles. The summed E-state index contributed by atoms with van der Waals surface area (Å²) in [5.41, 5.74) is 9.37. The lowest BCUT2D eigenvalue weighted by Gasteiger charge is -2.25. The lowest BCUT2D eigenvalue weighted by molar-refractivity contribution is 0.990. The first-order valence-electron chi connectivity index (χ1n) is 5.55. The first-order valence-corrected chi connectivity index (χ1v) is 5.55. The Morgan fingerprint density at radius 2 is 2.06 bits per heavy atom. The first kappa shape index (κ1) is 12.4. The van der Waals surface area contributed by atoms with Crippen molar-refractivity contribution in [1.29, 1.82) is 0 Å². The first-order chi connectivity index (χ1) is 7.65. The van der Waals surface area contributed by atoms with Crippen LogP contribution in [0.2, 0.25) is 0 Å². The van der Waals surface area contributed by atoms with Crippen LogP contribution in [0, 0.1) is 6.92 Å². The second-order valence-corrected chi connectivity index (χ2v) is 3.67. The van der Waals surface area contributed by atoms with Crippen LogP contribution in [0.4, 0.5) is 5.69 Å². The summed E-state index contributed by atoms with van der Waals surface area (Å²) < 4.78 is 0. The Bertz CT molecular complexity index is 385. The summed E-state index contributed by atoms with van der Waals surface area (Å²) in [7, 11) is 0. The summed E-state index contributed by atoms with van der Waals surface area (Å²) in [5, 5.41) is 3.57. The lowest BCUT2D eigenvalue weighted by Crippen LogP contribution is -2.39. The molecule has 0 fully saturated rings. The monoisotopic (exact) mass is 220 g/mol. The third-order valence-electron chi connectivity index (χ3n) is 2.70. The molecule has 0 bridgehead atoms. The maximum atomic E-state index is 5.80. The van der Waals surface area contributed by atoms with Crippen LogP contribution in [-0.4, -0.2) is 12.5 Å². The maximum Gasteiger partial charge on any atom is 0.217 e. The van der Waals surface area contributed by atoms with E-state index in [1.165, 1.54) is 11.1 Å². The number of hydrogen-bond donors (Lipinski definition) is 2. The molecule has 4 nitrogen and oxygen atoms in total. The Hall–Kier alpha value is -1.71. The standard InChI is InChI=1S/C12H20N4/c1-4-10-8-6-7-9(3)11(10)16(5-2)12(13)15-14/h6-8H,4-5,14H2,1-3H3,(H2,13,15). The number of hydrogen-bond acceptors (Lipinski definition) is 2. The second-order valence-electron chi connectivity index (χ2n) is 3.67. The maximum absolute atomic E-state index is 5.80. The number of aryl methyl sites for hydroxylation is 2. The van der Waals surface area contributed by atoms with Crippen molar-refractivity contribution >= 4 is 11.6 Å². The highest BCUT2D eigenvalue weighted by Gasteiger charge is 2.14. The van der Waals surface area contributed by atoms with E-state index < -0.39 is 0 Å². The summed E-state index contributed by atoms with van der Waals surface area (Å²) in [5.74, 6) is 5.60. The van der Waals surface area contributed by atoms with Gasteiger partial charge in [-0.1, -0.05) is 25.1 Å². The van der Waals surface area contributed by atoms with E-state index in [-0.39, 0.29) is 0 Å². The molecule has 1 aromatic rings. The van der Waals surface area contributed by atoms with E-state index in [0.29, 0.717) is 5.96 Å². The minimum Gasteiger partial charge on any atom is -0.368 e. The molecule has 4 heteroatoms. The predicted octanol–water partition coefficient (Wildman–Crippen LogP) is 1.57. The van der Waals surface area contributed by atoms with Crippen LogP contribution in [0.25, 0.3) is 0 Å². The molecule has 0 amide bonds. The number of nitrogens with two attached hydrogens (primary N) is 2. The zero-order valence-corrected chi connectivity index (χ0v) is 10.2. The lowest BCUT2D eigenvalue weighted by atomic mass is 10.0. The van der Waals surface area contributed by atoms with E-state index in [2.05, 4.69) is 37.1 Å². The topological polar surface area (TPSA) is 67.6 Å². The van der Waals surface area contributed by atoms with Gasteiger partial charge in [-0.05, 0) is 31.4 Å². The van der Waals surface area contributed by atoms with Crippen molar-refractivity contribution in [3.63, 3.8) is 0 Å². The van der Waals surface area contributed by atoms with Crippen molar-refractivity contribution in [3.8, 4) is 0 Å². The Morgan fingerprint density at radius 1 is 1.38 bits per heavy atom. The summed E-state index contributed by atoms with van der Waals surface area (Å²) >= 11 is 0. The van der Waals surface area contributed by atoms with E-state index in [0.717, 1.165) is 18.7 Å². The van der Waals surface area contributed by atoms with Crippen LogP contribution in [-0.2, 0) is 6.42 Å². The summed E-state index contributed by atoms with van der Waals surface area (Å²) in [6, 6.07) is 6.23. The van der Waals surface area contributed by atoms with E-state index in [9.17, 15) is 0 Å². The van der Waals surface area contributed by atoms with Gasteiger partial charge in [0.2, 0.25) is 5.96 Å². The molecule has 0 saturated heterocycles. The minimum absolute atomic E-state index is 0.353. The predicted molar refractivity (Wildman–Crippen MR) is 69.4 cm³/mol. The van der Waals surface area contributed by atoms with Gasteiger partial charge in [0.05, 0.1) is 0 Å². The molecule has 0 aliphatic carbocycles. The Balaban J connectivity index is 3.28. The van der Waals surface area contributed by atoms with E-state index >= 15 is 0 Å². The van der Waals surface area contributed by atoms with Crippen LogP contribution in [0.5, 0.6) is 0 Å². The van der Waals surface area contributed by atoms with Crippen molar-refractivity contribution in [3.05, 3.63) is 29.3 Å². The molecule has 0 aliphatic rings. The summed E-state index contributed by atoms with van der Waals surface area (Å²) in [6.07, 6.45) is 0.964. The number of hydrazone groups is 1. The van der Waals surface area contributed by atoms with Crippen molar-refractivity contribution in [1.82, 2.24) is 0 Å². The molecular formula is C12H20N4. The molecule has 0 aromatic heterocycles. The number of nitrogens with zero attached hydrogens (tertiary/aromatic N) is 2.